The van der Waals surface area contributed by atoms with Gasteiger partial charge in [-0.05, 0) is 67.1 Å². The average Bonchev–Trinajstić information content (AvgIpc) is 3.11. The molecule has 3 N–H and O–H groups in total. The number of furan rings is 1. The summed E-state index contributed by atoms with van der Waals surface area (Å²) in [6, 6.07) is 18.5. The number of carbonyl (C=O) groups excluding carboxylic acids is 1. The first-order chi connectivity index (χ1) is 14.8. The van der Waals surface area contributed by atoms with Crippen LogP contribution in [0.1, 0.15) is 11.1 Å². The van der Waals surface area contributed by atoms with E-state index in [9.17, 15) is 13.2 Å². The number of hydrogen-bond acceptors (Lipinski definition) is 5. The van der Waals surface area contributed by atoms with Crippen LogP contribution in [-0.4, -0.2) is 14.3 Å². The first-order valence-corrected chi connectivity index (χ1v) is 11.0. The zero-order valence-electron chi connectivity index (χ0n) is 16.7. The summed E-state index contributed by atoms with van der Waals surface area (Å²) < 4.78 is 33.8. The number of carbonyl (C=O) groups is 1. The minimum absolute atomic E-state index is 0.0124. The number of ether oxygens (including phenoxy) is 1. The van der Waals surface area contributed by atoms with Crippen LogP contribution in [0.4, 0.5) is 5.69 Å². The summed E-state index contributed by atoms with van der Waals surface area (Å²) in [5, 5.41) is 8.87. The molecule has 1 amide bonds. The van der Waals surface area contributed by atoms with Crippen molar-refractivity contribution >= 4 is 32.6 Å². The van der Waals surface area contributed by atoms with Crippen molar-refractivity contribution < 1.29 is 22.4 Å². The van der Waals surface area contributed by atoms with E-state index in [0.29, 0.717) is 17.2 Å². The first kappa shape index (κ1) is 20.6. The van der Waals surface area contributed by atoms with Crippen LogP contribution in [0.2, 0.25) is 0 Å². The molecule has 4 aromatic rings. The number of hydrogen-bond donors (Lipinski definition) is 2. The lowest BCUT2D eigenvalue weighted by Crippen LogP contribution is -2.14. The number of rotatable bonds is 6. The van der Waals surface area contributed by atoms with Gasteiger partial charge in [0.15, 0.2) is 0 Å². The van der Waals surface area contributed by atoms with Gasteiger partial charge in [0.25, 0.3) is 0 Å². The second-order valence-corrected chi connectivity index (χ2v) is 8.69. The van der Waals surface area contributed by atoms with E-state index in [4.69, 9.17) is 14.3 Å². The molecular formula is C23H20N2O5S. The van der Waals surface area contributed by atoms with Crippen LogP contribution in [-0.2, 0) is 21.2 Å². The van der Waals surface area contributed by atoms with Crippen molar-refractivity contribution in [2.24, 2.45) is 5.14 Å². The highest BCUT2D eigenvalue weighted by atomic mass is 32.2. The number of fused-ring (bicyclic) bond motifs is 1. The molecule has 3 aromatic carbocycles. The highest BCUT2D eigenvalue weighted by Gasteiger charge is 2.11. The summed E-state index contributed by atoms with van der Waals surface area (Å²) in [6.45, 7) is 1.99. The van der Waals surface area contributed by atoms with Gasteiger partial charge in [0, 0.05) is 16.6 Å². The van der Waals surface area contributed by atoms with E-state index in [2.05, 4.69) is 5.32 Å². The summed E-state index contributed by atoms with van der Waals surface area (Å²) in [4.78, 5) is 12.4. The van der Waals surface area contributed by atoms with E-state index >= 15 is 0 Å². The van der Waals surface area contributed by atoms with Crippen molar-refractivity contribution in [3.8, 4) is 11.5 Å². The van der Waals surface area contributed by atoms with Crippen LogP contribution in [0.15, 0.2) is 82.3 Å². The number of aryl methyl sites for hydroxylation is 1. The summed E-state index contributed by atoms with van der Waals surface area (Å²) >= 11 is 0. The topological polar surface area (TPSA) is 112 Å². The number of primary sulfonamides is 1. The van der Waals surface area contributed by atoms with E-state index in [1.54, 1.807) is 30.5 Å². The number of anilines is 1. The minimum atomic E-state index is -3.74. The van der Waals surface area contributed by atoms with Crippen LogP contribution in [0, 0.1) is 6.92 Å². The Morgan fingerprint density at radius 1 is 1.00 bits per heavy atom. The molecule has 31 heavy (non-hydrogen) atoms. The molecule has 0 unspecified atom stereocenters. The predicted molar refractivity (Wildman–Crippen MR) is 118 cm³/mol. The van der Waals surface area contributed by atoms with Gasteiger partial charge in [-0.15, -0.1) is 0 Å². The minimum Gasteiger partial charge on any atom is -0.464 e. The third kappa shape index (κ3) is 4.93. The molecule has 0 saturated carbocycles. The molecule has 0 saturated heterocycles. The van der Waals surface area contributed by atoms with Gasteiger partial charge in [0.05, 0.1) is 17.6 Å². The first-order valence-electron chi connectivity index (χ1n) is 9.45. The van der Waals surface area contributed by atoms with E-state index in [-0.39, 0.29) is 17.2 Å². The Hall–Kier alpha value is -3.62. The average molecular weight is 436 g/mol. The predicted octanol–water partition coefficient (Wildman–Crippen LogP) is 4.36. The second-order valence-electron chi connectivity index (χ2n) is 7.13. The Morgan fingerprint density at radius 3 is 2.29 bits per heavy atom. The number of nitrogens with one attached hydrogen (secondary N) is 1. The molecule has 4 rings (SSSR count). The van der Waals surface area contributed by atoms with E-state index in [0.717, 1.165) is 22.1 Å². The number of benzene rings is 3. The van der Waals surface area contributed by atoms with Gasteiger partial charge in [0.1, 0.15) is 17.1 Å². The maximum Gasteiger partial charge on any atom is 0.238 e. The number of nitrogens with two attached hydrogens (primary N) is 1. The van der Waals surface area contributed by atoms with Crippen LogP contribution in [0.25, 0.3) is 11.0 Å². The molecular weight excluding hydrogens is 416 g/mol. The molecule has 8 heteroatoms. The molecule has 0 aliphatic carbocycles. The molecule has 0 spiro atoms. The summed E-state index contributed by atoms with van der Waals surface area (Å²) in [5.41, 5.74) is 3.32. The standard InChI is InChI=1S/C23H20N2O5S/c1-15-2-11-21-16(14-29-22(21)12-15)13-23(26)25-17-3-5-18(6-4-17)30-19-7-9-20(10-8-19)31(24,27)28/h2-12,14H,13H2,1H3,(H,25,26)(H2,24,27,28). The third-order valence-electron chi connectivity index (χ3n) is 4.69. The summed E-state index contributed by atoms with van der Waals surface area (Å²) in [5.74, 6) is 0.847. The molecule has 1 heterocycles. The van der Waals surface area contributed by atoms with Crippen molar-refractivity contribution in [1.82, 2.24) is 0 Å². The monoisotopic (exact) mass is 436 g/mol. The zero-order chi connectivity index (χ0) is 22.0. The quantitative estimate of drug-likeness (QED) is 0.466. The highest BCUT2D eigenvalue weighted by molar-refractivity contribution is 7.89. The van der Waals surface area contributed by atoms with E-state index in [1.807, 2.05) is 25.1 Å². The lowest BCUT2D eigenvalue weighted by atomic mass is 10.1. The van der Waals surface area contributed by atoms with Gasteiger partial charge < -0.3 is 14.5 Å². The largest absolute Gasteiger partial charge is 0.464 e. The molecule has 158 valence electrons. The van der Waals surface area contributed by atoms with Gasteiger partial charge in [0.2, 0.25) is 15.9 Å². The van der Waals surface area contributed by atoms with E-state index in [1.165, 1.54) is 24.3 Å². The summed E-state index contributed by atoms with van der Waals surface area (Å²) in [7, 11) is -3.74. The fourth-order valence-electron chi connectivity index (χ4n) is 3.15. The Labute approximate surface area is 179 Å². The molecule has 0 aliphatic rings. The van der Waals surface area contributed by atoms with Crippen molar-refractivity contribution in [2.45, 2.75) is 18.2 Å². The smallest absolute Gasteiger partial charge is 0.238 e. The molecule has 7 nitrogen and oxygen atoms in total. The van der Waals surface area contributed by atoms with Gasteiger partial charge >= 0.3 is 0 Å². The van der Waals surface area contributed by atoms with Gasteiger partial charge in [-0.25, -0.2) is 13.6 Å². The molecule has 0 fully saturated rings. The Balaban J connectivity index is 1.38. The van der Waals surface area contributed by atoms with Crippen LogP contribution < -0.4 is 15.2 Å². The SMILES string of the molecule is Cc1ccc2c(CC(=O)Nc3ccc(Oc4ccc(S(N)(=O)=O)cc4)cc3)coc2c1. The van der Waals surface area contributed by atoms with Gasteiger partial charge in [-0.1, -0.05) is 12.1 Å². The normalized spacial score (nSPS) is 11.4. The maximum absolute atomic E-state index is 12.4. The lowest BCUT2D eigenvalue weighted by molar-refractivity contribution is -0.115. The Morgan fingerprint density at radius 2 is 1.65 bits per heavy atom. The number of amides is 1. The van der Waals surface area contributed by atoms with Gasteiger partial charge in [-0.2, -0.15) is 0 Å². The number of sulfonamides is 1. The second kappa shape index (κ2) is 8.25. The zero-order valence-corrected chi connectivity index (χ0v) is 17.5. The van der Waals surface area contributed by atoms with Gasteiger partial charge in [-0.3, -0.25) is 4.79 Å². The van der Waals surface area contributed by atoms with Crippen molar-refractivity contribution in [3.05, 3.63) is 84.1 Å². The maximum atomic E-state index is 12.4. The fraction of sp³-hybridized carbons (Fsp3) is 0.0870. The Kier molecular flexibility index (Phi) is 5.50. The Bertz CT molecular complexity index is 1340. The molecule has 0 aliphatic heterocycles. The molecule has 0 radical (unpaired) electrons. The van der Waals surface area contributed by atoms with Crippen molar-refractivity contribution in [2.75, 3.05) is 5.32 Å². The van der Waals surface area contributed by atoms with Crippen LogP contribution in [0.3, 0.4) is 0 Å². The third-order valence-corrected chi connectivity index (χ3v) is 5.62. The fourth-order valence-corrected chi connectivity index (χ4v) is 3.66. The van der Waals surface area contributed by atoms with Crippen molar-refractivity contribution in [3.63, 3.8) is 0 Å². The molecule has 0 atom stereocenters. The molecule has 0 bridgehead atoms. The van der Waals surface area contributed by atoms with E-state index < -0.39 is 10.0 Å². The molecule has 1 aromatic heterocycles. The lowest BCUT2D eigenvalue weighted by Gasteiger charge is -2.08. The highest BCUT2D eigenvalue weighted by Crippen LogP contribution is 2.25. The summed E-state index contributed by atoms with van der Waals surface area (Å²) in [6.07, 6.45) is 1.81. The van der Waals surface area contributed by atoms with Crippen LogP contribution >= 0.6 is 0 Å². The van der Waals surface area contributed by atoms with Crippen LogP contribution in [0.5, 0.6) is 11.5 Å². The van der Waals surface area contributed by atoms with Crippen molar-refractivity contribution in [1.29, 1.82) is 0 Å².